The van der Waals surface area contributed by atoms with Gasteiger partial charge in [0, 0.05) is 37.5 Å². The van der Waals surface area contributed by atoms with Crippen molar-refractivity contribution >= 4 is 11.6 Å². The molecular weight excluding hydrogens is 340 g/mol. The number of anilines is 1. The summed E-state index contributed by atoms with van der Waals surface area (Å²) in [7, 11) is 0. The fraction of sp³-hybridized carbons (Fsp3) is 0.571. The number of carbonyl (C=O) groups is 1. The van der Waals surface area contributed by atoms with Crippen molar-refractivity contribution in [2.75, 3.05) is 11.9 Å². The fourth-order valence-electron chi connectivity index (χ4n) is 3.48. The van der Waals surface area contributed by atoms with Crippen LogP contribution >= 0.6 is 0 Å². The zero-order valence-electron chi connectivity index (χ0n) is 16.4. The molecular formula is C21H30N4O2. The van der Waals surface area contributed by atoms with Crippen LogP contribution in [0.25, 0.3) is 0 Å². The largest absolute Gasteiger partial charge is 0.339 e. The van der Waals surface area contributed by atoms with Crippen molar-refractivity contribution in [3.05, 3.63) is 41.5 Å². The minimum Gasteiger partial charge on any atom is -0.339 e. The van der Waals surface area contributed by atoms with Gasteiger partial charge in [0.1, 0.15) is 0 Å². The minimum absolute atomic E-state index is 0.0163. The average molecular weight is 370 g/mol. The van der Waals surface area contributed by atoms with Crippen molar-refractivity contribution in [1.29, 1.82) is 0 Å². The summed E-state index contributed by atoms with van der Waals surface area (Å²) in [6.45, 7) is 6.46. The van der Waals surface area contributed by atoms with Crippen LogP contribution in [-0.2, 0) is 24.2 Å². The second kappa shape index (κ2) is 9.65. The van der Waals surface area contributed by atoms with Gasteiger partial charge in [-0.25, -0.2) is 0 Å². The summed E-state index contributed by atoms with van der Waals surface area (Å²) >= 11 is 0. The van der Waals surface area contributed by atoms with E-state index in [0.29, 0.717) is 37.0 Å². The number of rotatable bonds is 8. The molecule has 3 rings (SSSR count). The Kier molecular flexibility index (Phi) is 6.98. The number of nitrogens with one attached hydrogen (secondary N) is 1. The first-order valence-corrected chi connectivity index (χ1v) is 10.1. The molecule has 2 heterocycles. The topological polar surface area (TPSA) is 71.3 Å². The van der Waals surface area contributed by atoms with Gasteiger partial charge >= 0.3 is 0 Å². The molecule has 1 aromatic heterocycles. The van der Waals surface area contributed by atoms with Crippen molar-refractivity contribution in [3.63, 3.8) is 0 Å². The first-order valence-electron chi connectivity index (χ1n) is 10.1. The molecule has 0 radical (unpaired) electrons. The number of amides is 1. The Bertz CT molecular complexity index is 726. The maximum atomic E-state index is 12.1. The minimum atomic E-state index is 0.0163. The van der Waals surface area contributed by atoms with E-state index in [-0.39, 0.29) is 5.91 Å². The standard InChI is InChI=1S/C21H30N4O2/c1-3-19-23-21(27-24-19)9-6-8-20(26)22-18-12-10-17(11-13-18)15-25-14-5-4-7-16(25)2/h10-13,16H,3-9,14-15H2,1-2H3,(H,22,26). The van der Waals surface area contributed by atoms with E-state index in [0.717, 1.165) is 18.7 Å². The van der Waals surface area contributed by atoms with E-state index in [9.17, 15) is 4.79 Å². The number of hydrogen-bond donors (Lipinski definition) is 1. The third kappa shape index (κ3) is 5.89. The summed E-state index contributed by atoms with van der Waals surface area (Å²) in [5.74, 6) is 1.34. The quantitative estimate of drug-likeness (QED) is 0.761. The van der Waals surface area contributed by atoms with E-state index in [1.807, 2.05) is 19.1 Å². The maximum absolute atomic E-state index is 12.1. The number of aromatic nitrogens is 2. The third-order valence-electron chi connectivity index (χ3n) is 5.18. The van der Waals surface area contributed by atoms with E-state index in [1.54, 1.807) is 0 Å². The van der Waals surface area contributed by atoms with Crippen molar-refractivity contribution < 1.29 is 9.32 Å². The van der Waals surface area contributed by atoms with Gasteiger partial charge < -0.3 is 9.84 Å². The van der Waals surface area contributed by atoms with Crippen molar-refractivity contribution in [3.8, 4) is 0 Å². The van der Waals surface area contributed by atoms with Crippen LogP contribution in [0.1, 0.15) is 63.2 Å². The molecule has 27 heavy (non-hydrogen) atoms. The molecule has 1 unspecified atom stereocenters. The van der Waals surface area contributed by atoms with Crippen LogP contribution in [-0.4, -0.2) is 33.5 Å². The van der Waals surface area contributed by atoms with Crippen molar-refractivity contribution in [2.45, 2.75) is 71.4 Å². The SMILES string of the molecule is CCc1noc(CCCC(=O)Nc2ccc(CN3CCCCC3C)cc2)n1. The molecule has 1 aliphatic heterocycles. The summed E-state index contributed by atoms with van der Waals surface area (Å²) in [4.78, 5) is 18.9. The Morgan fingerprint density at radius 3 is 2.81 bits per heavy atom. The zero-order valence-corrected chi connectivity index (χ0v) is 16.4. The van der Waals surface area contributed by atoms with Gasteiger partial charge in [0.05, 0.1) is 0 Å². The van der Waals surface area contributed by atoms with E-state index < -0.39 is 0 Å². The van der Waals surface area contributed by atoms with Gasteiger partial charge in [-0.15, -0.1) is 0 Å². The predicted octanol–water partition coefficient (Wildman–Crippen LogP) is 3.97. The Hall–Kier alpha value is -2.21. The lowest BCUT2D eigenvalue weighted by Crippen LogP contribution is -2.36. The molecule has 1 saturated heterocycles. The summed E-state index contributed by atoms with van der Waals surface area (Å²) in [5, 5.41) is 6.83. The number of aryl methyl sites for hydroxylation is 2. The van der Waals surface area contributed by atoms with E-state index in [2.05, 4.69) is 39.4 Å². The van der Waals surface area contributed by atoms with Gasteiger partial charge in [0.2, 0.25) is 11.8 Å². The molecule has 2 aromatic rings. The third-order valence-corrected chi connectivity index (χ3v) is 5.18. The van der Waals surface area contributed by atoms with Gasteiger partial charge in [0.15, 0.2) is 5.82 Å². The number of nitrogens with zero attached hydrogens (tertiary/aromatic N) is 3. The van der Waals surface area contributed by atoms with Crippen LogP contribution in [0.15, 0.2) is 28.8 Å². The molecule has 0 bridgehead atoms. The Morgan fingerprint density at radius 1 is 1.30 bits per heavy atom. The Morgan fingerprint density at radius 2 is 2.11 bits per heavy atom. The summed E-state index contributed by atoms with van der Waals surface area (Å²) < 4.78 is 5.14. The highest BCUT2D eigenvalue weighted by Gasteiger charge is 2.18. The monoisotopic (exact) mass is 370 g/mol. The smallest absolute Gasteiger partial charge is 0.226 e. The summed E-state index contributed by atoms with van der Waals surface area (Å²) in [5.41, 5.74) is 2.14. The van der Waals surface area contributed by atoms with E-state index in [4.69, 9.17) is 4.52 Å². The molecule has 146 valence electrons. The van der Waals surface area contributed by atoms with Crippen LogP contribution in [0, 0.1) is 0 Å². The average Bonchev–Trinajstić information content (AvgIpc) is 3.13. The molecule has 1 aromatic carbocycles. The second-order valence-electron chi connectivity index (χ2n) is 7.37. The number of piperidine rings is 1. The molecule has 6 heteroatoms. The van der Waals surface area contributed by atoms with Gasteiger partial charge in [-0.3, -0.25) is 9.69 Å². The van der Waals surface area contributed by atoms with Crippen LogP contribution in [0.5, 0.6) is 0 Å². The molecule has 1 fully saturated rings. The van der Waals surface area contributed by atoms with E-state index in [1.165, 1.54) is 31.4 Å². The zero-order chi connectivity index (χ0) is 19.1. The molecule has 1 aliphatic rings. The Balaban J connectivity index is 1.41. The molecule has 6 nitrogen and oxygen atoms in total. The highest BCUT2D eigenvalue weighted by molar-refractivity contribution is 5.90. The summed E-state index contributed by atoms with van der Waals surface area (Å²) in [6, 6.07) is 8.87. The van der Waals surface area contributed by atoms with Gasteiger partial charge in [-0.05, 0) is 50.4 Å². The van der Waals surface area contributed by atoms with Crippen LogP contribution in [0.4, 0.5) is 5.69 Å². The fourth-order valence-corrected chi connectivity index (χ4v) is 3.48. The number of carbonyl (C=O) groups excluding carboxylic acids is 1. The molecule has 0 saturated carbocycles. The highest BCUT2D eigenvalue weighted by Crippen LogP contribution is 2.20. The highest BCUT2D eigenvalue weighted by atomic mass is 16.5. The molecule has 0 spiro atoms. The second-order valence-corrected chi connectivity index (χ2v) is 7.37. The van der Waals surface area contributed by atoms with Crippen LogP contribution < -0.4 is 5.32 Å². The molecule has 0 aliphatic carbocycles. The number of hydrogen-bond acceptors (Lipinski definition) is 5. The first kappa shape index (κ1) is 19.5. The first-order chi connectivity index (χ1) is 13.1. The lowest BCUT2D eigenvalue weighted by Gasteiger charge is -2.33. The normalized spacial score (nSPS) is 17.8. The van der Waals surface area contributed by atoms with Gasteiger partial charge in [-0.2, -0.15) is 4.98 Å². The molecule has 1 amide bonds. The van der Waals surface area contributed by atoms with Crippen molar-refractivity contribution in [2.24, 2.45) is 0 Å². The Labute approximate surface area is 161 Å². The van der Waals surface area contributed by atoms with E-state index >= 15 is 0 Å². The lowest BCUT2D eigenvalue weighted by molar-refractivity contribution is -0.116. The predicted molar refractivity (Wildman–Crippen MR) is 105 cm³/mol. The van der Waals surface area contributed by atoms with Crippen LogP contribution in [0.3, 0.4) is 0 Å². The van der Waals surface area contributed by atoms with Gasteiger partial charge in [0.25, 0.3) is 0 Å². The number of likely N-dealkylation sites (tertiary alicyclic amines) is 1. The van der Waals surface area contributed by atoms with Crippen molar-refractivity contribution in [1.82, 2.24) is 15.0 Å². The molecule has 1 atom stereocenters. The van der Waals surface area contributed by atoms with Crippen LogP contribution in [0.2, 0.25) is 0 Å². The lowest BCUT2D eigenvalue weighted by atomic mass is 10.0. The number of benzene rings is 1. The maximum Gasteiger partial charge on any atom is 0.226 e. The molecule has 1 N–H and O–H groups in total. The summed E-state index contributed by atoms with van der Waals surface area (Å²) in [6.07, 6.45) is 6.46. The van der Waals surface area contributed by atoms with Gasteiger partial charge in [-0.1, -0.05) is 30.6 Å².